The second-order valence-corrected chi connectivity index (χ2v) is 6.34. The number of H-pyrrole nitrogens is 1. The first-order chi connectivity index (χ1) is 9.40. The molecule has 2 aliphatic carbocycles. The Balaban J connectivity index is 1.37. The van der Waals surface area contributed by atoms with Gasteiger partial charge in [-0.2, -0.15) is 0 Å². The first-order valence-corrected chi connectivity index (χ1v) is 7.68. The van der Waals surface area contributed by atoms with E-state index in [2.05, 4.69) is 40.8 Å². The average molecular weight is 254 g/mol. The number of benzene rings is 1. The van der Waals surface area contributed by atoms with Gasteiger partial charge in [-0.1, -0.05) is 24.6 Å². The van der Waals surface area contributed by atoms with Gasteiger partial charge in [-0.05, 0) is 55.7 Å². The summed E-state index contributed by atoms with van der Waals surface area (Å²) in [7, 11) is 0. The van der Waals surface area contributed by atoms with Crippen LogP contribution in [-0.2, 0) is 6.42 Å². The van der Waals surface area contributed by atoms with Gasteiger partial charge in [-0.3, -0.25) is 0 Å². The fourth-order valence-electron chi connectivity index (χ4n) is 4.23. The zero-order chi connectivity index (χ0) is 12.7. The number of rotatable bonds is 4. The summed E-state index contributed by atoms with van der Waals surface area (Å²) in [5, 5.41) is 5.19. The molecule has 2 fully saturated rings. The zero-order valence-corrected chi connectivity index (χ0v) is 11.4. The SMILES string of the molecule is c1ccc2c(CCN[C@H]3C[C@@H]4CC[C@@H]3C4)c[nH]c2c1. The van der Waals surface area contributed by atoms with Crippen molar-refractivity contribution in [3.63, 3.8) is 0 Å². The molecule has 2 aliphatic rings. The third-order valence-corrected chi connectivity index (χ3v) is 5.21. The monoisotopic (exact) mass is 254 g/mol. The van der Waals surface area contributed by atoms with Crippen LogP contribution in [-0.4, -0.2) is 17.6 Å². The summed E-state index contributed by atoms with van der Waals surface area (Å²) in [5.74, 6) is 2.02. The lowest BCUT2D eigenvalue weighted by molar-refractivity contribution is 0.354. The Morgan fingerprint density at radius 1 is 1.16 bits per heavy atom. The lowest BCUT2D eigenvalue weighted by Gasteiger charge is -2.22. The van der Waals surface area contributed by atoms with Crippen LogP contribution >= 0.6 is 0 Å². The molecule has 0 aliphatic heterocycles. The van der Waals surface area contributed by atoms with Crippen LogP contribution < -0.4 is 5.32 Å². The van der Waals surface area contributed by atoms with Crippen LogP contribution in [0.5, 0.6) is 0 Å². The molecule has 0 saturated heterocycles. The van der Waals surface area contributed by atoms with Crippen molar-refractivity contribution in [3.05, 3.63) is 36.0 Å². The van der Waals surface area contributed by atoms with Gasteiger partial charge >= 0.3 is 0 Å². The number of aromatic nitrogens is 1. The largest absolute Gasteiger partial charge is 0.361 e. The minimum absolute atomic E-state index is 0.809. The second kappa shape index (κ2) is 4.68. The van der Waals surface area contributed by atoms with Gasteiger partial charge in [0.15, 0.2) is 0 Å². The highest BCUT2D eigenvalue weighted by molar-refractivity contribution is 5.83. The van der Waals surface area contributed by atoms with E-state index < -0.39 is 0 Å². The Hall–Kier alpha value is -1.28. The molecule has 2 nitrogen and oxygen atoms in total. The van der Waals surface area contributed by atoms with Crippen LogP contribution in [0.3, 0.4) is 0 Å². The van der Waals surface area contributed by atoms with Crippen LogP contribution in [0.1, 0.15) is 31.2 Å². The standard InChI is InChI=1S/C17H22N2/c1-2-4-16-15(3-1)14(11-19-16)7-8-18-17-10-12-5-6-13(17)9-12/h1-4,11-13,17-19H,5-10H2/t12-,13-,17+/m1/s1. The van der Waals surface area contributed by atoms with Gasteiger partial charge in [-0.15, -0.1) is 0 Å². The van der Waals surface area contributed by atoms with Crippen LogP contribution in [0.25, 0.3) is 10.9 Å². The van der Waals surface area contributed by atoms with E-state index in [9.17, 15) is 0 Å². The summed E-state index contributed by atoms with van der Waals surface area (Å²) in [6.45, 7) is 1.12. The molecule has 0 amide bonds. The van der Waals surface area contributed by atoms with Crippen LogP contribution in [0.2, 0.25) is 0 Å². The average Bonchev–Trinajstić information content (AvgIpc) is 3.14. The molecule has 2 aromatic rings. The first-order valence-electron chi connectivity index (χ1n) is 7.68. The highest BCUT2D eigenvalue weighted by Crippen LogP contribution is 2.44. The maximum absolute atomic E-state index is 3.80. The van der Waals surface area contributed by atoms with Gasteiger partial charge < -0.3 is 10.3 Å². The predicted octanol–water partition coefficient (Wildman–Crippen LogP) is 3.49. The molecule has 100 valence electrons. The Kier molecular flexibility index (Phi) is 2.84. The van der Waals surface area contributed by atoms with Crippen LogP contribution in [0.4, 0.5) is 0 Å². The summed E-state index contributed by atoms with van der Waals surface area (Å²) in [4.78, 5) is 3.37. The lowest BCUT2D eigenvalue weighted by atomic mass is 9.95. The summed E-state index contributed by atoms with van der Waals surface area (Å²) in [6.07, 6.45) is 9.19. The maximum atomic E-state index is 3.80. The van der Waals surface area contributed by atoms with E-state index in [4.69, 9.17) is 0 Å². The molecule has 3 atom stereocenters. The number of para-hydroxylation sites is 1. The molecular weight excluding hydrogens is 232 g/mol. The van der Waals surface area contributed by atoms with Gasteiger partial charge in [0.1, 0.15) is 0 Å². The smallest absolute Gasteiger partial charge is 0.0456 e. The lowest BCUT2D eigenvalue weighted by Crippen LogP contribution is -2.35. The molecule has 4 rings (SSSR count). The van der Waals surface area contributed by atoms with E-state index in [-0.39, 0.29) is 0 Å². The molecule has 0 unspecified atom stereocenters. The van der Waals surface area contributed by atoms with Gasteiger partial charge in [0.05, 0.1) is 0 Å². The van der Waals surface area contributed by atoms with E-state index in [1.807, 2.05) is 0 Å². The predicted molar refractivity (Wildman–Crippen MR) is 79.2 cm³/mol. The third kappa shape index (κ3) is 2.08. The topological polar surface area (TPSA) is 27.8 Å². The number of aromatic amines is 1. The molecule has 19 heavy (non-hydrogen) atoms. The van der Waals surface area contributed by atoms with Gasteiger partial charge in [0.25, 0.3) is 0 Å². The number of fused-ring (bicyclic) bond motifs is 3. The van der Waals surface area contributed by atoms with Crippen molar-refractivity contribution in [3.8, 4) is 0 Å². The molecule has 2 saturated carbocycles. The van der Waals surface area contributed by atoms with E-state index in [0.717, 1.165) is 30.8 Å². The molecule has 2 heteroatoms. The Morgan fingerprint density at radius 2 is 2.11 bits per heavy atom. The van der Waals surface area contributed by atoms with E-state index in [0.29, 0.717) is 0 Å². The van der Waals surface area contributed by atoms with Crippen molar-refractivity contribution >= 4 is 10.9 Å². The molecular formula is C17H22N2. The Labute approximate surface area is 114 Å². The van der Waals surface area contributed by atoms with Crippen molar-refractivity contribution in [1.82, 2.24) is 10.3 Å². The highest BCUT2D eigenvalue weighted by atomic mass is 14.9. The quantitative estimate of drug-likeness (QED) is 0.859. The van der Waals surface area contributed by atoms with Crippen molar-refractivity contribution in [2.45, 2.75) is 38.1 Å². The van der Waals surface area contributed by atoms with E-state index in [1.165, 1.54) is 42.1 Å². The fourth-order valence-corrected chi connectivity index (χ4v) is 4.23. The summed E-state index contributed by atoms with van der Waals surface area (Å²) in [5.41, 5.74) is 2.71. The van der Waals surface area contributed by atoms with Crippen LogP contribution in [0, 0.1) is 11.8 Å². The molecule has 1 aromatic carbocycles. The Bertz CT molecular complexity index is 571. The van der Waals surface area contributed by atoms with E-state index in [1.54, 1.807) is 0 Å². The van der Waals surface area contributed by atoms with Crippen molar-refractivity contribution in [2.75, 3.05) is 6.54 Å². The number of hydrogen-bond acceptors (Lipinski definition) is 1. The first kappa shape index (κ1) is 11.5. The van der Waals surface area contributed by atoms with Crippen molar-refractivity contribution < 1.29 is 0 Å². The van der Waals surface area contributed by atoms with Crippen molar-refractivity contribution in [1.29, 1.82) is 0 Å². The minimum Gasteiger partial charge on any atom is -0.361 e. The molecule has 1 heterocycles. The second-order valence-electron chi connectivity index (χ2n) is 6.34. The van der Waals surface area contributed by atoms with Crippen LogP contribution in [0.15, 0.2) is 30.5 Å². The van der Waals surface area contributed by atoms with Crippen molar-refractivity contribution in [2.24, 2.45) is 11.8 Å². The summed E-state index contributed by atoms with van der Waals surface area (Å²) in [6, 6.07) is 9.41. The highest BCUT2D eigenvalue weighted by Gasteiger charge is 2.38. The third-order valence-electron chi connectivity index (χ3n) is 5.21. The van der Waals surface area contributed by atoms with Gasteiger partial charge in [0.2, 0.25) is 0 Å². The number of hydrogen-bond donors (Lipinski definition) is 2. The molecule has 1 aromatic heterocycles. The van der Waals surface area contributed by atoms with Gasteiger partial charge in [-0.25, -0.2) is 0 Å². The maximum Gasteiger partial charge on any atom is 0.0456 e. The molecule has 2 N–H and O–H groups in total. The minimum atomic E-state index is 0.809. The summed E-state index contributed by atoms with van der Waals surface area (Å²) >= 11 is 0. The van der Waals surface area contributed by atoms with E-state index >= 15 is 0 Å². The molecule has 0 radical (unpaired) electrons. The summed E-state index contributed by atoms with van der Waals surface area (Å²) < 4.78 is 0. The van der Waals surface area contributed by atoms with Gasteiger partial charge in [0, 0.05) is 23.1 Å². The number of nitrogens with one attached hydrogen (secondary N) is 2. The zero-order valence-electron chi connectivity index (χ0n) is 11.4. The molecule has 0 spiro atoms. The fraction of sp³-hybridized carbons (Fsp3) is 0.529. The normalized spacial score (nSPS) is 29.4. The molecule has 2 bridgehead atoms. The Morgan fingerprint density at radius 3 is 2.95 bits per heavy atom.